The minimum atomic E-state index is -0.389. The monoisotopic (exact) mass is 594 g/mol. The zero-order valence-electron chi connectivity index (χ0n) is 24.4. The van der Waals surface area contributed by atoms with E-state index < -0.39 is 0 Å². The van der Waals surface area contributed by atoms with Crippen molar-refractivity contribution < 1.29 is 23.5 Å². The van der Waals surface area contributed by atoms with Crippen LogP contribution in [0.15, 0.2) is 84.9 Å². The molecule has 0 radical (unpaired) electrons. The van der Waals surface area contributed by atoms with Crippen LogP contribution in [0.2, 0.25) is 0 Å². The number of hydrogen-bond donors (Lipinski definition) is 2. The maximum atomic E-state index is 13.6. The van der Waals surface area contributed by atoms with Gasteiger partial charge in [-0.1, -0.05) is 24.3 Å². The fourth-order valence-electron chi connectivity index (χ4n) is 5.66. The first-order chi connectivity index (χ1) is 21.5. The van der Waals surface area contributed by atoms with Crippen molar-refractivity contribution in [1.82, 2.24) is 4.90 Å². The van der Waals surface area contributed by atoms with Crippen molar-refractivity contribution in [3.05, 3.63) is 107 Å². The lowest BCUT2D eigenvalue weighted by atomic mass is 10.0. The van der Waals surface area contributed by atoms with Crippen LogP contribution >= 0.6 is 0 Å². The lowest BCUT2D eigenvalue weighted by Crippen LogP contribution is -2.32. The SMILES string of the molecule is NCCCN(Cc1cccc(-c2ccc(N3CCCC3)c(NC(=O)c3ccc(F)cc3)c2)c1)C(=O)c1ccc2c(c1)OCO2. The topological polar surface area (TPSA) is 97.1 Å². The number of amides is 2. The van der Waals surface area contributed by atoms with Gasteiger partial charge < -0.3 is 30.3 Å². The Labute approximate surface area is 256 Å². The number of fused-ring (bicyclic) bond motifs is 1. The Kier molecular flexibility index (Phi) is 8.74. The van der Waals surface area contributed by atoms with E-state index in [2.05, 4.69) is 22.3 Å². The third-order valence-electron chi connectivity index (χ3n) is 7.97. The summed E-state index contributed by atoms with van der Waals surface area (Å²) in [5.41, 5.74) is 11.2. The van der Waals surface area contributed by atoms with E-state index in [1.807, 2.05) is 30.3 Å². The molecular weight excluding hydrogens is 559 g/mol. The number of ether oxygens (including phenoxy) is 2. The molecule has 0 aliphatic carbocycles. The van der Waals surface area contributed by atoms with Gasteiger partial charge in [0.05, 0.1) is 11.4 Å². The Hall–Kier alpha value is -4.89. The van der Waals surface area contributed by atoms with Crippen molar-refractivity contribution in [2.45, 2.75) is 25.8 Å². The normalized spacial score (nSPS) is 13.6. The van der Waals surface area contributed by atoms with Gasteiger partial charge in [-0.15, -0.1) is 0 Å². The summed E-state index contributed by atoms with van der Waals surface area (Å²) in [6.45, 7) is 3.38. The largest absolute Gasteiger partial charge is 0.454 e. The lowest BCUT2D eigenvalue weighted by molar-refractivity contribution is 0.0741. The molecule has 6 rings (SSSR count). The van der Waals surface area contributed by atoms with Crippen LogP contribution in [0, 0.1) is 5.82 Å². The Morgan fingerprint density at radius 3 is 2.41 bits per heavy atom. The number of rotatable bonds is 10. The number of hydrogen-bond acceptors (Lipinski definition) is 6. The number of carbonyl (C=O) groups is 2. The van der Waals surface area contributed by atoms with Crippen LogP contribution in [0.4, 0.5) is 15.8 Å². The molecule has 2 heterocycles. The highest BCUT2D eigenvalue weighted by Gasteiger charge is 2.22. The zero-order chi connectivity index (χ0) is 30.5. The second-order valence-electron chi connectivity index (χ2n) is 11.0. The number of benzene rings is 4. The first kappa shape index (κ1) is 29.2. The molecule has 0 bridgehead atoms. The Bertz CT molecular complexity index is 1650. The average Bonchev–Trinajstić information content (AvgIpc) is 3.76. The van der Waals surface area contributed by atoms with Crippen LogP contribution in [-0.4, -0.2) is 49.7 Å². The molecule has 2 aliphatic heterocycles. The van der Waals surface area contributed by atoms with Crippen LogP contribution in [-0.2, 0) is 6.54 Å². The smallest absolute Gasteiger partial charge is 0.255 e. The Morgan fingerprint density at radius 2 is 1.61 bits per heavy atom. The van der Waals surface area contributed by atoms with Crippen LogP contribution in [0.1, 0.15) is 45.5 Å². The van der Waals surface area contributed by atoms with E-state index in [1.165, 1.54) is 24.3 Å². The lowest BCUT2D eigenvalue weighted by Gasteiger charge is -2.24. The van der Waals surface area contributed by atoms with Gasteiger partial charge in [-0.25, -0.2) is 4.39 Å². The van der Waals surface area contributed by atoms with Crippen LogP contribution in [0.25, 0.3) is 11.1 Å². The molecular formula is C35H35FN4O4. The number of nitrogens with zero attached hydrogens (tertiary/aromatic N) is 2. The highest BCUT2D eigenvalue weighted by atomic mass is 19.1. The molecule has 1 fully saturated rings. The summed E-state index contributed by atoms with van der Waals surface area (Å²) in [6, 6.07) is 24.9. The van der Waals surface area contributed by atoms with Crippen molar-refractivity contribution in [2.24, 2.45) is 5.73 Å². The van der Waals surface area contributed by atoms with E-state index in [4.69, 9.17) is 15.2 Å². The highest BCUT2D eigenvalue weighted by molar-refractivity contribution is 6.06. The van der Waals surface area contributed by atoms with E-state index in [1.54, 1.807) is 23.1 Å². The summed E-state index contributed by atoms with van der Waals surface area (Å²) < 4.78 is 24.3. The van der Waals surface area contributed by atoms with Crippen LogP contribution < -0.4 is 25.4 Å². The molecule has 0 unspecified atom stereocenters. The maximum Gasteiger partial charge on any atom is 0.255 e. The van der Waals surface area contributed by atoms with Gasteiger partial charge in [0.25, 0.3) is 11.8 Å². The fraction of sp³-hybridized carbons (Fsp3) is 0.257. The third kappa shape index (κ3) is 6.53. The molecule has 4 aromatic rings. The quantitative estimate of drug-likeness (QED) is 0.232. The number of halogens is 1. The van der Waals surface area contributed by atoms with Gasteiger partial charge in [-0.3, -0.25) is 9.59 Å². The molecule has 44 heavy (non-hydrogen) atoms. The number of carbonyl (C=O) groups excluding carboxylic acids is 2. The molecule has 4 aromatic carbocycles. The number of nitrogens with one attached hydrogen (secondary N) is 1. The second-order valence-corrected chi connectivity index (χ2v) is 11.0. The van der Waals surface area contributed by atoms with E-state index in [0.717, 1.165) is 48.3 Å². The summed E-state index contributed by atoms with van der Waals surface area (Å²) in [4.78, 5) is 30.8. The van der Waals surface area contributed by atoms with Gasteiger partial charge in [-0.2, -0.15) is 0 Å². The Morgan fingerprint density at radius 1 is 0.864 bits per heavy atom. The predicted molar refractivity (Wildman–Crippen MR) is 169 cm³/mol. The third-order valence-corrected chi connectivity index (χ3v) is 7.97. The number of anilines is 2. The predicted octanol–water partition coefficient (Wildman–Crippen LogP) is 6.07. The Balaban J connectivity index is 1.26. The minimum Gasteiger partial charge on any atom is -0.454 e. The van der Waals surface area contributed by atoms with E-state index in [-0.39, 0.29) is 24.4 Å². The highest BCUT2D eigenvalue weighted by Crippen LogP contribution is 2.35. The summed E-state index contributed by atoms with van der Waals surface area (Å²) in [7, 11) is 0. The number of nitrogens with two attached hydrogens (primary N) is 1. The molecule has 0 atom stereocenters. The van der Waals surface area contributed by atoms with Crippen molar-refractivity contribution >= 4 is 23.2 Å². The molecule has 0 aromatic heterocycles. The van der Waals surface area contributed by atoms with E-state index in [0.29, 0.717) is 54.4 Å². The van der Waals surface area contributed by atoms with Crippen LogP contribution in [0.3, 0.4) is 0 Å². The summed E-state index contributed by atoms with van der Waals surface area (Å²) >= 11 is 0. The molecule has 2 aliphatic rings. The van der Waals surface area contributed by atoms with Gasteiger partial charge >= 0.3 is 0 Å². The first-order valence-corrected chi connectivity index (χ1v) is 14.9. The van der Waals surface area contributed by atoms with Crippen molar-refractivity contribution in [2.75, 3.05) is 43.2 Å². The maximum absolute atomic E-state index is 13.6. The van der Waals surface area contributed by atoms with Gasteiger partial charge in [0.2, 0.25) is 6.79 Å². The first-order valence-electron chi connectivity index (χ1n) is 14.9. The molecule has 9 heteroatoms. The molecule has 1 saturated heterocycles. The van der Waals surface area contributed by atoms with Gasteiger partial charge in [-0.05, 0) is 103 Å². The zero-order valence-corrected chi connectivity index (χ0v) is 24.4. The molecule has 3 N–H and O–H groups in total. The summed E-state index contributed by atoms with van der Waals surface area (Å²) in [5.74, 6) is 0.403. The van der Waals surface area contributed by atoms with E-state index in [9.17, 15) is 14.0 Å². The van der Waals surface area contributed by atoms with Gasteiger partial charge in [0.15, 0.2) is 11.5 Å². The average molecular weight is 595 g/mol. The minimum absolute atomic E-state index is 0.108. The van der Waals surface area contributed by atoms with Crippen LogP contribution in [0.5, 0.6) is 11.5 Å². The molecule has 0 saturated carbocycles. The summed E-state index contributed by atoms with van der Waals surface area (Å²) in [5, 5.41) is 3.07. The second kappa shape index (κ2) is 13.2. The molecule has 226 valence electrons. The van der Waals surface area contributed by atoms with Gasteiger partial charge in [0.1, 0.15) is 5.82 Å². The van der Waals surface area contributed by atoms with E-state index >= 15 is 0 Å². The van der Waals surface area contributed by atoms with Gasteiger partial charge in [0, 0.05) is 37.3 Å². The standard InChI is InChI=1S/C35H35FN4O4/c36-29-11-7-25(8-12-29)34(41)38-30-20-27(9-13-31(30)39-16-1-2-17-39)26-6-3-5-24(19-26)22-40(18-4-15-37)35(42)28-10-14-32-33(21-28)44-23-43-32/h3,5-14,19-21H,1-2,4,15-18,22-23,37H2,(H,38,41). The molecule has 8 nitrogen and oxygen atoms in total. The fourth-order valence-corrected chi connectivity index (χ4v) is 5.66. The van der Waals surface area contributed by atoms with Crippen molar-refractivity contribution in [3.63, 3.8) is 0 Å². The molecule has 0 spiro atoms. The summed E-state index contributed by atoms with van der Waals surface area (Å²) in [6.07, 6.45) is 2.87. The van der Waals surface area contributed by atoms with Crippen molar-refractivity contribution in [3.8, 4) is 22.6 Å². The van der Waals surface area contributed by atoms with Crippen molar-refractivity contribution in [1.29, 1.82) is 0 Å². The molecule has 2 amide bonds.